The Morgan fingerprint density at radius 3 is 2.48 bits per heavy atom. The summed E-state index contributed by atoms with van der Waals surface area (Å²) in [6.07, 6.45) is 2.75. The van der Waals surface area contributed by atoms with E-state index < -0.39 is 12.3 Å². The van der Waals surface area contributed by atoms with E-state index in [4.69, 9.17) is 0 Å². The molecule has 0 saturated carbocycles. The van der Waals surface area contributed by atoms with Crippen LogP contribution in [-0.4, -0.2) is 64.0 Å². The number of anilines is 2. The Morgan fingerprint density at radius 2 is 1.86 bits per heavy atom. The maximum atomic E-state index is 13.8. The average molecular weight is 401 g/mol. The van der Waals surface area contributed by atoms with Gasteiger partial charge in [-0.1, -0.05) is 6.58 Å². The zero-order valence-corrected chi connectivity index (χ0v) is 15.8. The van der Waals surface area contributed by atoms with Crippen LogP contribution in [0, 0.1) is 0 Å². The summed E-state index contributed by atoms with van der Waals surface area (Å²) in [5.74, 6) is 0.803. The molecule has 0 aromatic carbocycles. The fourth-order valence-electron chi connectivity index (χ4n) is 4.01. The quantitative estimate of drug-likeness (QED) is 0.843. The van der Waals surface area contributed by atoms with Gasteiger partial charge in [-0.2, -0.15) is 19.6 Å². The van der Waals surface area contributed by atoms with Crippen molar-refractivity contribution in [3.05, 3.63) is 29.6 Å². The number of halogens is 2. The highest BCUT2D eigenvalue weighted by Gasteiger charge is 2.30. The summed E-state index contributed by atoms with van der Waals surface area (Å²) in [4.78, 5) is 24.5. The van der Waals surface area contributed by atoms with Gasteiger partial charge in [-0.05, 0) is 24.5 Å². The van der Waals surface area contributed by atoms with Crippen LogP contribution in [0.1, 0.15) is 24.8 Å². The Balaban J connectivity index is 1.62. The van der Waals surface area contributed by atoms with Crippen LogP contribution in [0.3, 0.4) is 0 Å². The summed E-state index contributed by atoms with van der Waals surface area (Å²) in [5.41, 5.74) is 2.56. The molecule has 0 aliphatic carbocycles. The summed E-state index contributed by atoms with van der Waals surface area (Å²) in [6, 6.07) is 0. The van der Waals surface area contributed by atoms with Crippen LogP contribution in [0.5, 0.6) is 0 Å². The number of allylic oxidation sites excluding steroid dienone is 1. The topological polar surface area (TPSA) is 78.7 Å². The zero-order chi connectivity index (χ0) is 20.1. The van der Waals surface area contributed by atoms with E-state index in [-0.39, 0.29) is 25.4 Å². The Bertz CT molecular complexity index is 1030. The molecule has 0 spiro atoms. The van der Waals surface area contributed by atoms with E-state index >= 15 is 0 Å². The predicted octanol–water partition coefficient (Wildman–Crippen LogP) is 1.64. The highest BCUT2D eigenvalue weighted by molar-refractivity contribution is 5.89. The number of alkyl halides is 2. The third-order valence-electron chi connectivity index (χ3n) is 5.55. The molecule has 3 saturated heterocycles. The molecule has 2 aromatic rings. The van der Waals surface area contributed by atoms with Gasteiger partial charge in [0.1, 0.15) is 12.3 Å². The number of rotatable bonds is 3. The van der Waals surface area contributed by atoms with Crippen molar-refractivity contribution in [2.75, 3.05) is 36.0 Å². The molecule has 1 N–H and O–H groups in total. The second-order valence-corrected chi connectivity index (χ2v) is 7.70. The van der Waals surface area contributed by atoms with Crippen molar-refractivity contribution in [2.45, 2.75) is 31.6 Å². The van der Waals surface area contributed by atoms with Gasteiger partial charge in [-0.3, -0.25) is 4.79 Å². The van der Waals surface area contributed by atoms with E-state index in [9.17, 15) is 13.6 Å². The lowest BCUT2D eigenvalue weighted by Gasteiger charge is -2.21. The lowest BCUT2D eigenvalue weighted by Crippen LogP contribution is -2.28. The van der Waals surface area contributed by atoms with Gasteiger partial charge < -0.3 is 15.1 Å². The van der Waals surface area contributed by atoms with Gasteiger partial charge >= 0.3 is 0 Å². The van der Waals surface area contributed by atoms with E-state index in [2.05, 4.69) is 27.0 Å². The summed E-state index contributed by atoms with van der Waals surface area (Å²) < 4.78 is 29.2. The maximum Gasteiger partial charge on any atom is 0.231 e. The number of nitrogens with one attached hydrogen (secondary N) is 1. The number of amides is 1. The summed E-state index contributed by atoms with van der Waals surface area (Å²) in [5, 5.41) is 7.10. The molecule has 0 bridgehead atoms. The molecule has 10 heteroatoms. The van der Waals surface area contributed by atoms with Gasteiger partial charge in [0.15, 0.2) is 5.65 Å². The minimum absolute atomic E-state index is 0.106. The van der Waals surface area contributed by atoms with Crippen LogP contribution < -0.4 is 15.1 Å². The molecule has 3 aliphatic heterocycles. The van der Waals surface area contributed by atoms with Crippen molar-refractivity contribution in [2.24, 2.45) is 0 Å². The van der Waals surface area contributed by atoms with E-state index in [1.165, 1.54) is 0 Å². The number of hydrogen-bond donors (Lipinski definition) is 1. The van der Waals surface area contributed by atoms with Gasteiger partial charge in [0, 0.05) is 24.4 Å². The molecule has 3 fully saturated rings. The Morgan fingerprint density at radius 1 is 1.14 bits per heavy atom. The number of carbonyl (C=O) groups excluding carboxylic acids is 1. The first-order chi connectivity index (χ1) is 14.0. The first-order valence-electron chi connectivity index (χ1n) is 9.71. The van der Waals surface area contributed by atoms with Gasteiger partial charge in [0.2, 0.25) is 17.8 Å². The second kappa shape index (κ2) is 6.78. The van der Waals surface area contributed by atoms with E-state index in [0.717, 1.165) is 5.57 Å². The van der Waals surface area contributed by atoms with Crippen molar-refractivity contribution in [1.82, 2.24) is 24.9 Å². The lowest BCUT2D eigenvalue weighted by molar-refractivity contribution is -0.118. The Hall–Kier alpha value is -3.04. The molecule has 3 aliphatic rings. The van der Waals surface area contributed by atoms with E-state index in [0.29, 0.717) is 54.7 Å². The smallest absolute Gasteiger partial charge is 0.231 e. The molecule has 5 rings (SSSR count). The molecule has 29 heavy (non-hydrogen) atoms. The Kier molecular flexibility index (Phi) is 4.21. The molecule has 152 valence electrons. The molecule has 2 atom stereocenters. The predicted molar refractivity (Wildman–Crippen MR) is 104 cm³/mol. The van der Waals surface area contributed by atoms with Crippen molar-refractivity contribution in [3.63, 3.8) is 0 Å². The highest BCUT2D eigenvalue weighted by atomic mass is 19.1. The molecule has 0 radical (unpaired) electrons. The van der Waals surface area contributed by atoms with E-state index in [1.807, 2.05) is 11.0 Å². The molecule has 0 unspecified atom stereocenters. The third kappa shape index (κ3) is 3.22. The molecular formula is C19H21F2N7O. The van der Waals surface area contributed by atoms with Crippen LogP contribution in [0.4, 0.5) is 20.7 Å². The monoisotopic (exact) mass is 401 g/mol. The minimum atomic E-state index is -0.915. The Labute approximate surface area is 165 Å². The fraction of sp³-hybridized carbons (Fsp3) is 0.474. The summed E-state index contributed by atoms with van der Waals surface area (Å²) in [7, 11) is 0. The highest BCUT2D eigenvalue weighted by Crippen LogP contribution is 2.28. The van der Waals surface area contributed by atoms with Crippen LogP contribution in [0.25, 0.3) is 11.7 Å². The van der Waals surface area contributed by atoms with Crippen molar-refractivity contribution in [1.29, 1.82) is 0 Å². The molecule has 1 amide bonds. The number of fused-ring (bicyclic) bond motifs is 1. The van der Waals surface area contributed by atoms with Crippen molar-refractivity contribution < 1.29 is 13.6 Å². The maximum absolute atomic E-state index is 13.8. The largest absolute Gasteiger partial charge is 0.338 e. The van der Waals surface area contributed by atoms with Gasteiger partial charge in [-0.25, -0.2) is 8.78 Å². The summed E-state index contributed by atoms with van der Waals surface area (Å²) >= 11 is 0. The second-order valence-electron chi connectivity index (χ2n) is 7.70. The van der Waals surface area contributed by atoms with Crippen LogP contribution in [0.2, 0.25) is 0 Å². The molecular weight excluding hydrogens is 380 g/mol. The van der Waals surface area contributed by atoms with Gasteiger partial charge in [0.25, 0.3) is 0 Å². The van der Waals surface area contributed by atoms with E-state index in [1.54, 1.807) is 15.6 Å². The molecule has 5 heterocycles. The van der Waals surface area contributed by atoms with Gasteiger partial charge in [-0.15, -0.1) is 0 Å². The number of hydrogen-bond acceptors (Lipinski definition) is 6. The molecule has 8 nitrogen and oxygen atoms in total. The number of carbonyl (C=O) groups is 1. The number of nitrogens with zero attached hydrogens (tertiary/aromatic N) is 6. The SMILES string of the molecule is C=C1NC(=O)C/C1=C\c1cnn2c(N3CC[C@@H](F)C3)nc(N3CC[C@H](F)C3)nc12. The lowest BCUT2D eigenvalue weighted by atomic mass is 10.1. The van der Waals surface area contributed by atoms with Gasteiger partial charge in [0.05, 0.1) is 25.7 Å². The normalized spacial score (nSPS) is 26.3. The van der Waals surface area contributed by atoms with Crippen LogP contribution in [-0.2, 0) is 4.79 Å². The standard InChI is InChI=1S/C19H21F2N7O/c1-11-12(7-16(29)23-11)6-13-8-22-28-17(13)24-18(26-4-2-14(20)9-26)25-19(28)27-5-3-15(21)10-27/h6,8,14-15H,1-5,7,9-10H2,(H,23,29)/b12-6+/t14-,15+/m0/s1. The fourth-order valence-corrected chi connectivity index (χ4v) is 4.01. The van der Waals surface area contributed by atoms with Crippen molar-refractivity contribution in [3.8, 4) is 0 Å². The number of aromatic nitrogens is 4. The van der Waals surface area contributed by atoms with Crippen molar-refractivity contribution >= 4 is 29.5 Å². The average Bonchev–Trinajstić information content (AvgIpc) is 3.45. The minimum Gasteiger partial charge on any atom is -0.338 e. The summed E-state index contributed by atoms with van der Waals surface area (Å²) in [6.45, 7) is 5.40. The first kappa shape index (κ1) is 18.0. The van der Waals surface area contributed by atoms with Crippen LogP contribution in [0.15, 0.2) is 24.0 Å². The zero-order valence-electron chi connectivity index (χ0n) is 15.8. The first-order valence-corrected chi connectivity index (χ1v) is 9.71. The molecule has 2 aromatic heterocycles. The van der Waals surface area contributed by atoms with Crippen LogP contribution >= 0.6 is 0 Å². The third-order valence-corrected chi connectivity index (χ3v) is 5.55.